The molecule has 0 radical (unpaired) electrons. The van der Waals surface area contributed by atoms with E-state index in [0.717, 1.165) is 11.1 Å². The molecule has 0 atom stereocenters. The molecule has 1 aromatic heterocycles. The fourth-order valence-electron chi connectivity index (χ4n) is 2.49. The minimum absolute atomic E-state index is 0.113. The summed E-state index contributed by atoms with van der Waals surface area (Å²) in [6.07, 6.45) is 3.00. The fraction of sp³-hybridized carbons (Fsp3) is 0.0909. The predicted molar refractivity (Wildman–Crippen MR) is 105 cm³/mol. The molecule has 28 heavy (non-hydrogen) atoms. The van der Waals surface area contributed by atoms with Gasteiger partial charge in [-0.15, -0.1) is 0 Å². The molecule has 0 saturated carbocycles. The molecule has 0 bridgehead atoms. The number of carbonyl (C=O) groups excluding carboxylic acids is 2. The summed E-state index contributed by atoms with van der Waals surface area (Å²) in [5.74, 6) is -0.0810. The maximum atomic E-state index is 12.7. The van der Waals surface area contributed by atoms with Crippen LogP contribution in [0.1, 0.15) is 21.7 Å². The summed E-state index contributed by atoms with van der Waals surface area (Å²) >= 11 is 0. The third-order valence-corrected chi connectivity index (χ3v) is 3.96. The van der Waals surface area contributed by atoms with E-state index in [1.54, 1.807) is 43.5 Å². The summed E-state index contributed by atoms with van der Waals surface area (Å²) in [5.41, 5.74) is 1.81. The van der Waals surface area contributed by atoms with Gasteiger partial charge in [0.25, 0.3) is 11.8 Å². The molecule has 3 rings (SSSR count). The van der Waals surface area contributed by atoms with E-state index in [4.69, 9.17) is 9.15 Å². The van der Waals surface area contributed by atoms with Crippen LogP contribution in [0.5, 0.6) is 5.75 Å². The smallest absolute Gasteiger partial charge is 0.291 e. The van der Waals surface area contributed by atoms with E-state index in [1.165, 1.54) is 12.3 Å². The summed E-state index contributed by atoms with van der Waals surface area (Å²) in [6, 6.07) is 19.8. The topological polar surface area (TPSA) is 80.6 Å². The van der Waals surface area contributed by atoms with Crippen molar-refractivity contribution in [3.63, 3.8) is 0 Å². The third kappa shape index (κ3) is 5.11. The van der Waals surface area contributed by atoms with Crippen molar-refractivity contribution in [3.05, 3.63) is 95.6 Å². The Balaban J connectivity index is 1.79. The molecule has 3 aromatic rings. The minimum Gasteiger partial charge on any atom is -0.497 e. The molecule has 6 nitrogen and oxygen atoms in total. The number of hydrogen-bond acceptors (Lipinski definition) is 4. The lowest BCUT2D eigenvalue weighted by Gasteiger charge is -2.11. The van der Waals surface area contributed by atoms with E-state index < -0.39 is 11.8 Å². The largest absolute Gasteiger partial charge is 0.497 e. The Morgan fingerprint density at radius 2 is 1.75 bits per heavy atom. The first kappa shape index (κ1) is 19.0. The van der Waals surface area contributed by atoms with Crippen LogP contribution in [0.3, 0.4) is 0 Å². The molecule has 0 aliphatic heterocycles. The van der Waals surface area contributed by atoms with Crippen LogP contribution in [-0.4, -0.2) is 18.9 Å². The summed E-state index contributed by atoms with van der Waals surface area (Å²) in [5, 5.41) is 5.43. The van der Waals surface area contributed by atoms with Crippen LogP contribution in [-0.2, 0) is 11.3 Å². The number of furan rings is 1. The van der Waals surface area contributed by atoms with Crippen molar-refractivity contribution in [3.8, 4) is 5.75 Å². The highest BCUT2D eigenvalue weighted by Gasteiger charge is 2.16. The second-order valence-electron chi connectivity index (χ2n) is 5.93. The van der Waals surface area contributed by atoms with Gasteiger partial charge in [-0.1, -0.05) is 42.5 Å². The highest BCUT2D eigenvalue weighted by molar-refractivity contribution is 6.04. The average molecular weight is 376 g/mol. The van der Waals surface area contributed by atoms with Gasteiger partial charge in [-0.2, -0.15) is 0 Å². The van der Waals surface area contributed by atoms with E-state index in [0.29, 0.717) is 12.3 Å². The van der Waals surface area contributed by atoms with Crippen LogP contribution >= 0.6 is 0 Å². The van der Waals surface area contributed by atoms with Gasteiger partial charge in [0, 0.05) is 6.54 Å². The summed E-state index contributed by atoms with van der Waals surface area (Å²) < 4.78 is 10.2. The van der Waals surface area contributed by atoms with Crippen LogP contribution in [0.25, 0.3) is 6.08 Å². The number of carbonyl (C=O) groups is 2. The monoisotopic (exact) mass is 376 g/mol. The number of amides is 2. The van der Waals surface area contributed by atoms with Crippen LogP contribution < -0.4 is 15.4 Å². The van der Waals surface area contributed by atoms with E-state index in [-0.39, 0.29) is 11.5 Å². The Labute approximate surface area is 162 Å². The Hall–Kier alpha value is -3.80. The molecular weight excluding hydrogens is 356 g/mol. The molecule has 2 amide bonds. The summed E-state index contributed by atoms with van der Waals surface area (Å²) in [4.78, 5) is 25.0. The summed E-state index contributed by atoms with van der Waals surface area (Å²) in [7, 11) is 1.58. The fourth-order valence-corrected chi connectivity index (χ4v) is 2.49. The number of nitrogens with one attached hydrogen (secondary N) is 2. The Morgan fingerprint density at radius 1 is 1.00 bits per heavy atom. The van der Waals surface area contributed by atoms with Crippen LogP contribution in [0, 0.1) is 0 Å². The number of benzene rings is 2. The zero-order chi connectivity index (χ0) is 19.8. The van der Waals surface area contributed by atoms with Crippen molar-refractivity contribution in [1.82, 2.24) is 10.6 Å². The highest BCUT2D eigenvalue weighted by Crippen LogP contribution is 2.14. The Bertz CT molecular complexity index is 946. The summed E-state index contributed by atoms with van der Waals surface area (Å²) in [6.45, 7) is 0.344. The van der Waals surface area contributed by atoms with Crippen LogP contribution in [0.2, 0.25) is 0 Å². The van der Waals surface area contributed by atoms with E-state index >= 15 is 0 Å². The maximum absolute atomic E-state index is 12.7. The van der Waals surface area contributed by atoms with Crippen molar-refractivity contribution in [2.75, 3.05) is 7.11 Å². The zero-order valence-corrected chi connectivity index (χ0v) is 15.3. The van der Waals surface area contributed by atoms with Crippen LogP contribution in [0.15, 0.2) is 83.1 Å². The quantitative estimate of drug-likeness (QED) is 0.620. The zero-order valence-electron chi connectivity index (χ0n) is 15.3. The Morgan fingerprint density at radius 3 is 2.39 bits per heavy atom. The van der Waals surface area contributed by atoms with Gasteiger partial charge in [-0.05, 0) is 41.5 Å². The first-order valence-corrected chi connectivity index (χ1v) is 8.68. The first-order chi connectivity index (χ1) is 13.7. The van der Waals surface area contributed by atoms with Gasteiger partial charge in [-0.3, -0.25) is 9.59 Å². The van der Waals surface area contributed by atoms with E-state index in [2.05, 4.69) is 10.6 Å². The molecular formula is C22H20N2O4. The predicted octanol–water partition coefficient (Wildman–Crippen LogP) is 3.38. The molecule has 2 aromatic carbocycles. The van der Waals surface area contributed by atoms with E-state index in [1.807, 2.05) is 30.3 Å². The number of methoxy groups -OCH3 is 1. The first-order valence-electron chi connectivity index (χ1n) is 8.68. The van der Waals surface area contributed by atoms with Crippen LogP contribution in [0.4, 0.5) is 0 Å². The lowest BCUT2D eigenvalue weighted by atomic mass is 10.1. The van der Waals surface area contributed by atoms with Gasteiger partial charge in [0.1, 0.15) is 11.4 Å². The Kier molecular flexibility index (Phi) is 6.25. The van der Waals surface area contributed by atoms with Crippen molar-refractivity contribution in [2.45, 2.75) is 6.54 Å². The normalized spacial score (nSPS) is 11.0. The van der Waals surface area contributed by atoms with Gasteiger partial charge >= 0.3 is 0 Å². The van der Waals surface area contributed by atoms with Gasteiger partial charge in [0.2, 0.25) is 0 Å². The number of hydrogen-bond donors (Lipinski definition) is 2. The second-order valence-corrected chi connectivity index (χ2v) is 5.93. The highest BCUT2D eigenvalue weighted by atomic mass is 16.5. The van der Waals surface area contributed by atoms with Gasteiger partial charge < -0.3 is 19.8 Å². The minimum atomic E-state index is -0.500. The molecule has 6 heteroatoms. The SMILES string of the molecule is COc1ccc(C=C(NC(=O)c2ccco2)C(=O)NCc2ccccc2)cc1. The molecule has 0 fully saturated rings. The molecule has 0 aliphatic rings. The van der Waals surface area contributed by atoms with Gasteiger partial charge in [0.15, 0.2) is 5.76 Å². The lowest BCUT2D eigenvalue weighted by Crippen LogP contribution is -2.34. The van der Waals surface area contributed by atoms with Gasteiger partial charge in [-0.25, -0.2) is 0 Å². The molecule has 0 saturated heterocycles. The molecule has 0 aliphatic carbocycles. The molecule has 142 valence electrons. The van der Waals surface area contributed by atoms with Crippen molar-refractivity contribution in [2.24, 2.45) is 0 Å². The number of rotatable bonds is 7. The lowest BCUT2D eigenvalue weighted by molar-refractivity contribution is -0.117. The molecule has 0 spiro atoms. The molecule has 1 heterocycles. The maximum Gasteiger partial charge on any atom is 0.291 e. The van der Waals surface area contributed by atoms with Crippen molar-refractivity contribution >= 4 is 17.9 Å². The van der Waals surface area contributed by atoms with Crippen molar-refractivity contribution < 1.29 is 18.7 Å². The average Bonchev–Trinajstić information content (AvgIpc) is 3.28. The number of ether oxygens (including phenoxy) is 1. The molecule has 0 unspecified atom stereocenters. The second kappa shape index (κ2) is 9.23. The van der Waals surface area contributed by atoms with Gasteiger partial charge in [0.05, 0.1) is 13.4 Å². The standard InChI is InChI=1S/C22H20N2O4/c1-27-18-11-9-16(10-12-18)14-19(24-22(26)20-8-5-13-28-20)21(25)23-15-17-6-3-2-4-7-17/h2-14H,15H2,1H3,(H,23,25)(H,24,26). The molecule has 2 N–H and O–H groups in total. The van der Waals surface area contributed by atoms with Crippen molar-refractivity contribution in [1.29, 1.82) is 0 Å². The third-order valence-electron chi connectivity index (χ3n) is 3.96. The van der Waals surface area contributed by atoms with E-state index in [9.17, 15) is 9.59 Å².